The van der Waals surface area contributed by atoms with E-state index in [-0.39, 0.29) is 5.56 Å². The van der Waals surface area contributed by atoms with Crippen LogP contribution in [0.15, 0.2) is 47.5 Å². The van der Waals surface area contributed by atoms with Gasteiger partial charge in [0, 0.05) is 18.2 Å². The summed E-state index contributed by atoms with van der Waals surface area (Å²) < 4.78 is 21.6. The fourth-order valence-electron chi connectivity index (χ4n) is 2.47. The number of aromatic nitrogens is 1. The molecule has 0 aliphatic heterocycles. The predicted octanol–water partition coefficient (Wildman–Crippen LogP) is 4.00. The summed E-state index contributed by atoms with van der Waals surface area (Å²) in [5, 5.41) is 0. The zero-order chi connectivity index (χ0) is 17.1. The Labute approximate surface area is 142 Å². The molecule has 0 radical (unpaired) electrons. The lowest BCUT2D eigenvalue weighted by Gasteiger charge is -2.04. The molecule has 2 aromatic carbocycles. The minimum absolute atomic E-state index is 0.244. The Morgan fingerprint density at radius 3 is 2.83 bits per heavy atom. The Morgan fingerprint density at radius 1 is 1.29 bits per heavy atom. The highest BCUT2D eigenvalue weighted by Gasteiger charge is 2.10. The number of amides is 1. The van der Waals surface area contributed by atoms with E-state index in [0.29, 0.717) is 4.80 Å². The summed E-state index contributed by atoms with van der Waals surface area (Å²) in [5.41, 5.74) is 1.22. The van der Waals surface area contributed by atoms with Crippen molar-refractivity contribution < 1.29 is 13.9 Å². The second-order valence-corrected chi connectivity index (χ2v) is 6.31. The topological polar surface area (TPSA) is 43.6 Å². The molecule has 1 amide bonds. The van der Waals surface area contributed by atoms with Crippen LogP contribution in [0.3, 0.4) is 0 Å². The van der Waals surface area contributed by atoms with Gasteiger partial charge in [-0.2, -0.15) is 4.99 Å². The molecule has 6 heteroatoms. The molecular weight excluding hydrogens is 327 g/mol. The van der Waals surface area contributed by atoms with Crippen LogP contribution in [0.4, 0.5) is 4.39 Å². The fourth-order valence-corrected chi connectivity index (χ4v) is 3.51. The van der Waals surface area contributed by atoms with Crippen molar-refractivity contribution in [1.82, 2.24) is 4.57 Å². The van der Waals surface area contributed by atoms with Crippen LogP contribution in [0.1, 0.15) is 23.7 Å². The second-order valence-electron chi connectivity index (χ2n) is 5.30. The number of nitrogens with zero attached hydrogens (tertiary/aromatic N) is 2. The van der Waals surface area contributed by atoms with Gasteiger partial charge in [0.25, 0.3) is 5.91 Å². The van der Waals surface area contributed by atoms with Gasteiger partial charge in [0.1, 0.15) is 11.6 Å². The molecule has 0 aliphatic rings. The summed E-state index contributed by atoms with van der Waals surface area (Å²) in [5.74, 6) is -0.135. The van der Waals surface area contributed by atoms with Gasteiger partial charge in [0.15, 0.2) is 4.80 Å². The Bertz CT molecular complexity index is 959. The van der Waals surface area contributed by atoms with Crippen molar-refractivity contribution in [2.45, 2.75) is 19.9 Å². The van der Waals surface area contributed by atoms with E-state index in [9.17, 15) is 9.18 Å². The number of thiazole rings is 1. The number of carbonyl (C=O) groups is 1. The average Bonchev–Trinajstić information content (AvgIpc) is 2.92. The zero-order valence-electron chi connectivity index (χ0n) is 13.5. The SMILES string of the molecule is CCCn1c(=NC(=O)c2cccc(F)c2)sc2ccc(OC)cc21. The van der Waals surface area contributed by atoms with Crippen LogP contribution in [-0.4, -0.2) is 17.6 Å². The fraction of sp³-hybridized carbons (Fsp3) is 0.222. The maximum Gasteiger partial charge on any atom is 0.279 e. The summed E-state index contributed by atoms with van der Waals surface area (Å²) in [6.07, 6.45) is 0.907. The van der Waals surface area contributed by atoms with E-state index in [0.717, 1.165) is 28.9 Å². The van der Waals surface area contributed by atoms with Crippen molar-refractivity contribution >= 4 is 27.5 Å². The van der Waals surface area contributed by atoms with Gasteiger partial charge >= 0.3 is 0 Å². The molecule has 1 aromatic heterocycles. The van der Waals surface area contributed by atoms with Gasteiger partial charge in [0.2, 0.25) is 0 Å². The first-order chi connectivity index (χ1) is 11.6. The van der Waals surface area contributed by atoms with Crippen molar-refractivity contribution in [2.75, 3.05) is 7.11 Å². The van der Waals surface area contributed by atoms with Gasteiger partial charge in [-0.15, -0.1) is 0 Å². The number of hydrogen-bond acceptors (Lipinski definition) is 3. The Hall–Kier alpha value is -2.47. The largest absolute Gasteiger partial charge is 0.497 e. The number of rotatable bonds is 4. The Morgan fingerprint density at radius 2 is 2.12 bits per heavy atom. The van der Waals surface area contributed by atoms with E-state index in [2.05, 4.69) is 11.9 Å². The quantitative estimate of drug-likeness (QED) is 0.718. The van der Waals surface area contributed by atoms with E-state index in [1.165, 1.54) is 29.5 Å². The predicted molar refractivity (Wildman–Crippen MR) is 93.0 cm³/mol. The van der Waals surface area contributed by atoms with Gasteiger partial charge in [-0.25, -0.2) is 4.39 Å². The standard InChI is InChI=1S/C18H17FN2O2S/c1-3-9-21-15-11-14(23-2)7-8-16(15)24-18(21)20-17(22)12-5-4-6-13(19)10-12/h4-8,10-11H,3,9H2,1-2H3. The maximum atomic E-state index is 13.3. The maximum absolute atomic E-state index is 13.3. The molecule has 3 aromatic rings. The molecular formula is C18H17FN2O2S. The lowest BCUT2D eigenvalue weighted by molar-refractivity contribution is 0.0997. The van der Waals surface area contributed by atoms with Crippen LogP contribution < -0.4 is 9.54 Å². The van der Waals surface area contributed by atoms with Crippen LogP contribution in [0.5, 0.6) is 5.75 Å². The number of hydrogen-bond donors (Lipinski definition) is 0. The van der Waals surface area contributed by atoms with Crippen LogP contribution in [-0.2, 0) is 6.54 Å². The monoisotopic (exact) mass is 344 g/mol. The highest BCUT2D eigenvalue weighted by atomic mass is 32.1. The molecule has 0 bridgehead atoms. The van der Waals surface area contributed by atoms with E-state index in [1.807, 2.05) is 22.8 Å². The lowest BCUT2D eigenvalue weighted by Crippen LogP contribution is -2.16. The van der Waals surface area contributed by atoms with Gasteiger partial charge in [-0.3, -0.25) is 4.79 Å². The Balaban J connectivity index is 2.13. The van der Waals surface area contributed by atoms with Crippen molar-refractivity contribution in [3.8, 4) is 5.75 Å². The molecule has 124 valence electrons. The molecule has 0 N–H and O–H groups in total. The summed E-state index contributed by atoms with van der Waals surface area (Å²) in [6.45, 7) is 2.80. The van der Waals surface area contributed by atoms with Crippen LogP contribution >= 0.6 is 11.3 Å². The van der Waals surface area contributed by atoms with Gasteiger partial charge in [-0.05, 0) is 36.8 Å². The molecule has 24 heavy (non-hydrogen) atoms. The first-order valence-electron chi connectivity index (χ1n) is 7.64. The smallest absolute Gasteiger partial charge is 0.279 e. The minimum atomic E-state index is -0.446. The number of benzene rings is 2. The number of aryl methyl sites for hydroxylation is 1. The van der Waals surface area contributed by atoms with Crippen molar-refractivity contribution in [3.05, 3.63) is 58.6 Å². The summed E-state index contributed by atoms with van der Waals surface area (Å²) in [7, 11) is 1.62. The number of fused-ring (bicyclic) bond motifs is 1. The summed E-state index contributed by atoms with van der Waals surface area (Å²) in [6, 6.07) is 11.4. The molecule has 0 spiro atoms. The minimum Gasteiger partial charge on any atom is -0.497 e. The van der Waals surface area contributed by atoms with E-state index < -0.39 is 11.7 Å². The van der Waals surface area contributed by atoms with Crippen molar-refractivity contribution in [3.63, 3.8) is 0 Å². The van der Waals surface area contributed by atoms with Gasteiger partial charge < -0.3 is 9.30 Å². The van der Waals surface area contributed by atoms with E-state index in [4.69, 9.17) is 4.74 Å². The van der Waals surface area contributed by atoms with Gasteiger partial charge in [-0.1, -0.05) is 24.3 Å². The molecule has 0 fully saturated rings. The highest BCUT2D eigenvalue weighted by molar-refractivity contribution is 7.16. The van der Waals surface area contributed by atoms with Crippen molar-refractivity contribution in [1.29, 1.82) is 0 Å². The first kappa shape index (κ1) is 16.4. The molecule has 0 saturated carbocycles. The Kier molecular flexibility index (Phi) is 4.76. The molecule has 3 rings (SSSR count). The molecule has 0 unspecified atom stereocenters. The molecule has 1 heterocycles. The highest BCUT2D eigenvalue weighted by Crippen LogP contribution is 2.23. The average molecular weight is 344 g/mol. The van der Waals surface area contributed by atoms with E-state index in [1.54, 1.807) is 13.2 Å². The number of halogens is 1. The van der Waals surface area contributed by atoms with Crippen LogP contribution in [0, 0.1) is 5.82 Å². The number of methoxy groups -OCH3 is 1. The van der Waals surface area contributed by atoms with E-state index >= 15 is 0 Å². The van der Waals surface area contributed by atoms with Crippen LogP contribution in [0.25, 0.3) is 10.2 Å². The molecule has 4 nitrogen and oxygen atoms in total. The summed E-state index contributed by atoms with van der Waals surface area (Å²) in [4.78, 5) is 17.2. The second kappa shape index (κ2) is 6.97. The third-order valence-electron chi connectivity index (χ3n) is 3.61. The number of carbonyl (C=O) groups excluding carboxylic acids is 1. The zero-order valence-corrected chi connectivity index (χ0v) is 14.3. The number of ether oxygens (including phenoxy) is 1. The summed E-state index contributed by atoms with van der Waals surface area (Å²) >= 11 is 1.44. The third-order valence-corrected chi connectivity index (χ3v) is 4.66. The third kappa shape index (κ3) is 3.23. The molecule has 0 aliphatic carbocycles. The van der Waals surface area contributed by atoms with Gasteiger partial charge in [0.05, 0.1) is 17.3 Å². The lowest BCUT2D eigenvalue weighted by atomic mass is 10.2. The normalized spacial score (nSPS) is 11.9. The molecule has 0 atom stereocenters. The molecule has 0 saturated heterocycles. The van der Waals surface area contributed by atoms with Crippen molar-refractivity contribution in [2.24, 2.45) is 4.99 Å². The van der Waals surface area contributed by atoms with Crippen LogP contribution in [0.2, 0.25) is 0 Å². The first-order valence-corrected chi connectivity index (χ1v) is 8.46.